The third-order valence-electron chi connectivity index (χ3n) is 6.24. The molecule has 33 heavy (non-hydrogen) atoms. The van der Waals surface area contributed by atoms with Crippen molar-refractivity contribution in [3.05, 3.63) is 52.9 Å². The van der Waals surface area contributed by atoms with Gasteiger partial charge < -0.3 is 10.1 Å². The highest BCUT2D eigenvalue weighted by atomic mass is 35.5. The van der Waals surface area contributed by atoms with E-state index in [4.69, 9.17) is 16.3 Å². The molecule has 0 spiro atoms. The molecule has 2 amide bonds. The molecule has 3 aromatic heterocycles. The molecule has 3 fully saturated rings. The van der Waals surface area contributed by atoms with E-state index < -0.39 is 12.2 Å². The highest BCUT2D eigenvalue weighted by Gasteiger charge is 2.57. The maximum Gasteiger partial charge on any atom is 0.413 e. The van der Waals surface area contributed by atoms with E-state index in [-0.39, 0.29) is 16.6 Å². The fourth-order valence-electron chi connectivity index (χ4n) is 4.33. The van der Waals surface area contributed by atoms with Crippen LogP contribution in [0.4, 0.5) is 10.6 Å². The Morgan fingerprint density at radius 1 is 1.24 bits per heavy atom. The predicted molar refractivity (Wildman–Crippen MR) is 120 cm³/mol. The minimum Gasteiger partial charge on any atom is -0.441 e. The van der Waals surface area contributed by atoms with Gasteiger partial charge in [0.1, 0.15) is 11.3 Å². The van der Waals surface area contributed by atoms with Crippen molar-refractivity contribution in [2.24, 2.45) is 13.0 Å². The first-order chi connectivity index (χ1) is 15.8. The van der Waals surface area contributed by atoms with Crippen molar-refractivity contribution >= 4 is 29.4 Å². The summed E-state index contributed by atoms with van der Waals surface area (Å²) < 4.78 is 6.84. The van der Waals surface area contributed by atoms with E-state index in [1.165, 1.54) is 10.9 Å². The average Bonchev–Trinajstić information content (AvgIpc) is 3.10. The third kappa shape index (κ3) is 4.02. The SMILES string of the molecule is C[C@@H](OC(=O)Nc1c(-c2ccc(C(=O)NC34CC(C3)C4)cn2)nnn1C)c1cccnc1Cl. The van der Waals surface area contributed by atoms with Crippen LogP contribution >= 0.6 is 11.6 Å². The molecule has 3 aromatic rings. The smallest absolute Gasteiger partial charge is 0.413 e. The van der Waals surface area contributed by atoms with Gasteiger partial charge in [-0.25, -0.2) is 14.5 Å². The van der Waals surface area contributed by atoms with E-state index in [1.807, 2.05) is 0 Å². The molecule has 10 nitrogen and oxygen atoms in total. The summed E-state index contributed by atoms with van der Waals surface area (Å²) in [6, 6.07) is 6.81. The topological polar surface area (TPSA) is 124 Å². The standard InChI is InChI=1S/C22H22ClN7O3/c1-12(15-4-3-7-24-18(15)23)33-21(32)26-19-17(28-29-30(19)2)16-6-5-14(11-25-16)20(31)27-22-8-13(9-22)10-22/h3-7,11-13H,8-10H2,1-2H3,(H,26,32)(H,27,31)/t12-,13?,22?/m1/s1. The molecule has 3 aliphatic rings. The summed E-state index contributed by atoms with van der Waals surface area (Å²) in [5, 5.41) is 14.1. The highest BCUT2D eigenvalue weighted by Crippen LogP contribution is 2.57. The molecule has 2 N–H and O–H groups in total. The van der Waals surface area contributed by atoms with Gasteiger partial charge in [-0.15, -0.1) is 5.10 Å². The first kappa shape index (κ1) is 21.3. The quantitative estimate of drug-likeness (QED) is 0.531. The normalized spacial score (nSPS) is 21.4. The molecule has 0 unspecified atom stereocenters. The molecule has 0 radical (unpaired) electrons. The van der Waals surface area contributed by atoms with Gasteiger partial charge in [0.15, 0.2) is 11.5 Å². The molecular formula is C22H22ClN7O3. The molecule has 3 saturated carbocycles. The van der Waals surface area contributed by atoms with Crippen molar-refractivity contribution < 1.29 is 14.3 Å². The van der Waals surface area contributed by atoms with Crippen molar-refractivity contribution in [1.82, 2.24) is 30.3 Å². The molecule has 170 valence electrons. The molecule has 0 aromatic carbocycles. The molecule has 3 aliphatic carbocycles. The summed E-state index contributed by atoms with van der Waals surface area (Å²) >= 11 is 6.08. The Bertz CT molecular complexity index is 1210. The van der Waals surface area contributed by atoms with Crippen LogP contribution in [0, 0.1) is 5.92 Å². The zero-order valence-corrected chi connectivity index (χ0v) is 18.8. The maximum absolute atomic E-state index is 12.5. The molecule has 3 heterocycles. The Morgan fingerprint density at radius 2 is 2.03 bits per heavy atom. The molecule has 0 saturated heterocycles. The van der Waals surface area contributed by atoms with E-state index >= 15 is 0 Å². The van der Waals surface area contributed by atoms with Crippen LogP contribution in [0.15, 0.2) is 36.7 Å². The average molecular weight is 468 g/mol. The fraction of sp³-hybridized carbons (Fsp3) is 0.364. The molecule has 0 aliphatic heterocycles. The highest BCUT2D eigenvalue weighted by molar-refractivity contribution is 6.30. The number of hydrogen-bond donors (Lipinski definition) is 2. The van der Waals surface area contributed by atoms with Gasteiger partial charge in [0.25, 0.3) is 5.91 Å². The fourth-order valence-corrected chi connectivity index (χ4v) is 4.61. The number of nitrogens with zero attached hydrogens (tertiary/aromatic N) is 5. The summed E-state index contributed by atoms with van der Waals surface area (Å²) in [6.45, 7) is 1.70. The summed E-state index contributed by atoms with van der Waals surface area (Å²) in [5.41, 5.74) is 1.88. The zero-order chi connectivity index (χ0) is 23.2. The van der Waals surface area contributed by atoms with E-state index in [9.17, 15) is 9.59 Å². The number of ether oxygens (including phenoxy) is 1. The maximum atomic E-state index is 12.5. The van der Waals surface area contributed by atoms with Crippen LogP contribution in [0.3, 0.4) is 0 Å². The predicted octanol–water partition coefficient (Wildman–Crippen LogP) is 3.52. The number of hydrogen-bond acceptors (Lipinski definition) is 7. The number of halogens is 1. The third-order valence-corrected chi connectivity index (χ3v) is 6.56. The number of pyridine rings is 2. The van der Waals surface area contributed by atoms with Crippen LogP contribution in [-0.2, 0) is 11.8 Å². The van der Waals surface area contributed by atoms with Crippen molar-refractivity contribution in [3.63, 3.8) is 0 Å². The van der Waals surface area contributed by atoms with E-state index in [1.54, 1.807) is 44.4 Å². The van der Waals surface area contributed by atoms with Gasteiger partial charge >= 0.3 is 6.09 Å². The molecule has 11 heteroatoms. The van der Waals surface area contributed by atoms with Crippen molar-refractivity contribution in [2.75, 3.05) is 5.32 Å². The second-order valence-electron chi connectivity index (χ2n) is 8.61. The summed E-state index contributed by atoms with van der Waals surface area (Å²) in [4.78, 5) is 33.4. The largest absolute Gasteiger partial charge is 0.441 e. The van der Waals surface area contributed by atoms with Gasteiger partial charge in [-0.3, -0.25) is 15.1 Å². The Labute approximate surface area is 194 Å². The summed E-state index contributed by atoms with van der Waals surface area (Å²) in [7, 11) is 1.64. The van der Waals surface area contributed by atoms with Crippen molar-refractivity contribution in [3.8, 4) is 11.4 Å². The number of anilines is 1. The minimum atomic E-state index is -0.705. The molecular weight excluding hydrogens is 446 g/mol. The van der Waals surface area contributed by atoms with Gasteiger partial charge in [-0.2, -0.15) is 0 Å². The number of carbonyl (C=O) groups excluding carboxylic acids is 2. The first-order valence-corrected chi connectivity index (χ1v) is 11.0. The number of nitrogens with one attached hydrogen (secondary N) is 2. The van der Waals surface area contributed by atoms with Gasteiger partial charge in [0.05, 0.1) is 11.3 Å². The van der Waals surface area contributed by atoms with Crippen LogP contribution in [0.1, 0.15) is 48.2 Å². The second-order valence-corrected chi connectivity index (χ2v) is 8.97. The lowest BCUT2D eigenvalue weighted by Gasteiger charge is -2.61. The number of aromatic nitrogens is 5. The summed E-state index contributed by atoms with van der Waals surface area (Å²) in [5.74, 6) is 0.962. The van der Waals surface area contributed by atoms with Crippen LogP contribution in [0.5, 0.6) is 0 Å². The number of amides is 2. The lowest BCUT2D eigenvalue weighted by Crippen LogP contribution is -2.68. The second kappa shape index (κ2) is 8.11. The lowest BCUT2D eigenvalue weighted by atomic mass is 9.50. The van der Waals surface area contributed by atoms with Crippen LogP contribution in [0.25, 0.3) is 11.4 Å². The van der Waals surface area contributed by atoms with Gasteiger partial charge in [-0.05, 0) is 50.3 Å². The van der Waals surface area contributed by atoms with Crippen LogP contribution in [-0.4, -0.2) is 42.5 Å². The molecule has 2 bridgehead atoms. The number of carbonyl (C=O) groups is 2. The minimum absolute atomic E-state index is 0.0000445. The van der Waals surface area contributed by atoms with Crippen LogP contribution < -0.4 is 10.6 Å². The van der Waals surface area contributed by atoms with E-state index in [0.29, 0.717) is 28.3 Å². The Kier molecular flexibility index (Phi) is 5.24. The number of aryl methyl sites for hydroxylation is 1. The van der Waals surface area contributed by atoms with Gasteiger partial charge in [-0.1, -0.05) is 22.9 Å². The van der Waals surface area contributed by atoms with E-state index in [0.717, 1.165) is 25.2 Å². The Hall–Kier alpha value is -3.53. The Morgan fingerprint density at radius 3 is 2.67 bits per heavy atom. The first-order valence-electron chi connectivity index (χ1n) is 10.6. The van der Waals surface area contributed by atoms with Gasteiger partial charge in [0, 0.05) is 30.5 Å². The molecule has 1 atom stereocenters. The van der Waals surface area contributed by atoms with Crippen molar-refractivity contribution in [2.45, 2.75) is 37.8 Å². The zero-order valence-electron chi connectivity index (χ0n) is 18.1. The number of rotatable bonds is 6. The summed E-state index contributed by atoms with van der Waals surface area (Å²) in [6.07, 6.45) is 4.95. The monoisotopic (exact) mass is 467 g/mol. The molecule has 6 rings (SSSR count). The van der Waals surface area contributed by atoms with Crippen LogP contribution in [0.2, 0.25) is 5.15 Å². The Balaban J connectivity index is 1.27. The van der Waals surface area contributed by atoms with E-state index in [2.05, 4.69) is 30.9 Å². The lowest BCUT2D eigenvalue weighted by molar-refractivity contribution is -0.0438. The van der Waals surface area contributed by atoms with Crippen molar-refractivity contribution in [1.29, 1.82) is 0 Å². The van der Waals surface area contributed by atoms with Gasteiger partial charge in [0.2, 0.25) is 0 Å².